The molecule has 0 bridgehead atoms. The zero-order chi connectivity index (χ0) is 11.7. The minimum atomic E-state index is -0.300. The molecule has 0 saturated heterocycles. The van der Waals surface area contributed by atoms with Crippen LogP contribution in [0.1, 0.15) is 17.8 Å². The zero-order valence-electron chi connectivity index (χ0n) is 8.71. The van der Waals surface area contributed by atoms with Crippen LogP contribution in [-0.4, -0.2) is 0 Å². The standard InChI is InChI=1S/C12H11ClFNS/c1-7(15)11-4-5-12(16-11)9-3-2-8(13)6-10(9)14/h2-7H,15H2,1H3. The highest BCUT2D eigenvalue weighted by atomic mass is 35.5. The smallest absolute Gasteiger partial charge is 0.133 e. The monoisotopic (exact) mass is 255 g/mol. The van der Waals surface area contributed by atoms with E-state index in [9.17, 15) is 4.39 Å². The molecule has 16 heavy (non-hydrogen) atoms. The molecule has 1 aromatic heterocycles. The molecule has 0 aliphatic heterocycles. The Bertz CT molecular complexity index is 507. The molecule has 0 aliphatic carbocycles. The lowest BCUT2D eigenvalue weighted by molar-refractivity contribution is 0.632. The fourth-order valence-corrected chi connectivity index (χ4v) is 2.58. The van der Waals surface area contributed by atoms with Gasteiger partial charge in [-0.05, 0) is 37.3 Å². The van der Waals surface area contributed by atoms with Gasteiger partial charge < -0.3 is 5.73 Å². The molecule has 0 spiro atoms. The van der Waals surface area contributed by atoms with E-state index >= 15 is 0 Å². The maximum Gasteiger partial charge on any atom is 0.133 e. The molecule has 1 nitrogen and oxygen atoms in total. The van der Waals surface area contributed by atoms with Gasteiger partial charge in [0, 0.05) is 26.4 Å². The molecule has 1 aromatic carbocycles. The Morgan fingerprint density at radius 2 is 2.06 bits per heavy atom. The van der Waals surface area contributed by atoms with Crippen LogP contribution in [-0.2, 0) is 0 Å². The van der Waals surface area contributed by atoms with E-state index in [1.54, 1.807) is 12.1 Å². The summed E-state index contributed by atoms with van der Waals surface area (Å²) in [6.07, 6.45) is 0. The fraction of sp³-hybridized carbons (Fsp3) is 0.167. The Morgan fingerprint density at radius 3 is 2.62 bits per heavy atom. The lowest BCUT2D eigenvalue weighted by Gasteiger charge is -2.01. The van der Waals surface area contributed by atoms with Gasteiger partial charge in [0.25, 0.3) is 0 Å². The second-order valence-corrected chi connectivity index (χ2v) is 5.17. The SMILES string of the molecule is CC(N)c1ccc(-c2ccc(Cl)cc2F)s1. The maximum atomic E-state index is 13.6. The van der Waals surface area contributed by atoms with Crippen LogP contribution < -0.4 is 5.73 Å². The van der Waals surface area contributed by atoms with E-state index < -0.39 is 0 Å². The summed E-state index contributed by atoms with van der Waals surface area (Å²) in [4.78, 5) is 1.92. The molecule has 2 rings (SSSR count). The van der Waals surface area contributed by atoms with Crippen LogP contribution in [0.2, 0.25) is 5.02 Å². The molecular weight excluding hydrogens is 245 g/mol. The predicted molar refractivity (Wildman–Crippen MR) is 67.3 cm³/mol. The molecule has 0 aliphatic rings. The van der Waals surface area contributed by atoms with E-state index in [2.05, 4.69) is 0 Å². The first-order valence-electron chi connectivity index (χ1n) is 4.88. The first-order valence-corrected chi connectivity index (χ1v) is 6.08. The first-order chi connectivity index (χ1) is 7.58. The van der Waals surface area contributed by atoms with Crippen molar-refractivity contribution in [1.82, 2.24) is 0 Å². The third kappa shape index (κ3) is 2.26. The Balaban J connectivity index is 2.42. The largest absolute Gasteiger partial charge is 0.324 e. The molecular formula is C12H11ClFNS. The Kier molecular flexibility index (Phi) is 3.28. The summed E-state index contributed by atoms with van der Waals surface area (Å²) in [6.45, 7) is 1.91. The first kappa shape index (κ1) is 11.6. The molecule has 84 valence electrons. The molecule has 0 saturated carbocycles. The number of hydrogen-bond donors (Lipinski definition) is 1. The topological polar surface area (TPSA) is 26.0 Å². The van der Waals surface area contributed by atoms with Crippen molar-refractivity contribution in [2.75, 3.05) is 0 Å². The second kappa shape index (κ2) is 4.53. The summed E-state index contributed by atoms with van der Waals surface area (Å²) >= 11 is 7.21. The van der Waals surface area contributed by atoms with Gasteiger partial charge in [0.2, 0.25) is 0 Å². The average Bonchev–Trinajstić information content (AvgIpc) is 2.66. The van der Waals surface area contributed by atoms with Crippen molar-refractivity contribution in [3.8, 4) is 10.4 Å². The van der Waals surface area contributed by atoms with Crippen LogP contribution in [0.4, 0.5) is 4.39 Å². The highest BCUT2D eigenvalue weighted by Gasteiger charge is 2.10. The third-order valence-corrected chi connectivity index (χ3v) is 3.83. The highest BCUT2D eigenvalue weighted by molar-refractivity contribution is 7.15. The zero-order valence-corrected chi connectivity index (χ0v) is 10.3. The Morgan fingerprint density at radius 1 is 1.31 bits per heavy atom. The molecule has 4 heteroatoms. The molecule has 2 aromatic rings. The van der Waals surface area contributed by atoms with Crippen LogP contribution in [0, 0.1) is 5.82 Å². The van der Waals surface area contributed by atoms with Gasteiger partial charge in [0.05, 0.1) is 0 Å². The van der Waals surface area contributed by atoms with Gasteiger partial charge in [0.15, 0.2) is 0 Å². The van der Waals surface area contributed by atoms with E-state index in [4.69, 9.17) is 17.3 Å². The van der Waals surface area contributed by atoms with Crippen LogP contribution in [0.15, 0.2) is 30.3 Å². The van der Waals surface area contributed by atoms with Crippen molar-refractivity contribution in [2.45, 2.75) is 13.0 Å². The quantitative estimate of drug-likeness (QED) is 0.854. The molecule has 1 unspecified atom stereocenters. The van der Waals surface area contributed by atoms with Gasteiger partial charge in [-0.25, -0.2) is 4.39 Å². The Hall–Kier alpha value is -0.900. The van der Waals surface area contributed by atoms with Crippen LogP contribution in [0.3, 0.4) is 0 Å². The molecule has 1 heterocycles. The summed E-state index contributed by atoms with van der Waals surface area (Å²) in [5.74, 6) is -0.300. The van der Waals surface area contributed by atoms with Crippen molar-refractivity contribution >= 4 is 22.9 Å². The molecule has 0 fully saturated rings. The average molecular weight is 256 g/mol. The number of benzene rings is 1. The summed E-state index contributed by atoms with van der Waals surface area (Å²) in [5, 5.41) is 0.408. The van der Waals surface area contributed by atoms with E-state index in [1.165, 1.54) is 17.4 Å². The van der Waals surface area contributed by atoms with Gasteiger partial charge in [-0.2, -0.15) is 0 Å². The van der Waals surface area contributed by atoms with Crippen LogP contribution in [0.5, 0.6) is 0 Å². The predicted octanol–water partition coefficient (Wildman–Crippen LogP) is 4.23. The number of halogens is 2. The van der Waals surface area contributed by atoms with Crippen molar-refractivity contribution in [1.29, 1.82) is 0 Å². The van der Waals surface area contributed by atoms with Crippen molar-refractivity contribution in [3.05, 3.63) is 46.0 Å². The molecule has 0 radical (unpaired) electrons. The minimum absolute atomic E-state index is 0.0193. The van der Waals surface area contributed by atoms with Gasteiger partial charge in [-0.1, -0.05) is 11.6 Å². The highest BCUT2D eigenvalue weighted by Crippen LogP contribution is 2.33. The van der Waals surface area contributed by atoms with Crippen LogP contribution in [0.25, 0.3) is 10.4 Å². The summed E-state index contributed by atoms with van der Waals surface area (Å²) in [5.41, 5.74) is 6.33. The van der Waals surface area contributed by atoms with E-state index in [0.29, 0.717) is 10.6 Å². The Labute approximate surface area is 103 Å². The van der Waals surface area contributed by atoms with E-state index in [-0.39, 0.29) is 11.9 Å². The number of hydrogen-bond acceptors (Lipinski definition) is 2. The van der Waals surface area contributed by atoms with Crippen molar-refractivity contribution < 1.29 is 4.39 Å². The minimum Gasteiger partial charge on any atom is -0.324 e. The summed E-state index contributed by atoms with van der Waals surface area (Å²) in [6, 6.07) is 8.49. The maximum absolute atomic E-state index is 13.6. The lowest BCUT2D eigenvalue weighted by atomic mass is 10.2. The van der Waals surface area contributed by atoms with Crippen molar-refractivity contribution in [3.63, 3.8) is 0 Å². The fourth-order valence-electron chi connectivity index (χ4n) is 1.43. The number of thiophene rings is 1. The molecule has 2 N–H and O–H groups in total. The normalized spacial score (nSPS) is 12.8. The molecule has 0 amide bonds. The van der Waals surface area contributed by atoms with Crippen molar-refractivity contribution in [2.24, 2.45) is 5.73 Å². The third-order valence-electron chi connectivity index (χ3n) is 2.27. The van der Waals surface area contributed by atoms with Gasteiger partial charge in [-0.3, -0.25) is 0 Å². The molecule has 1 atom stereocenters. The van der Waals surface area contributed by atoms with Gasteiger partial charge in [0.1, 0.15) is 5.82 Å². The summed E-state index contributed by atoms with van der Waals surface area (Å²) in [7, 11) is 0. The lowest BCUT2D eigenvalue weighted by Crippen LogP contribution is -2.01. The second-order valence-electron chi connectivity index (χ2n) is 3.61. The van der Waals surface area contributed by atoms with E-state index in [1.807, 2.05) is 19.1 Å². The van der Waals surface area contributed by atoms with Gasteiger partial charge in [-0.15, -0.1) is 11.3 Å². The van der Waals surface area contributed by atoms with E-state index in [0.717, 1.165) is 9.75 Å². The number of nitrogens with two attached hydrogens (primary N) is 1. The van der Waals surface area contributed by atoms with Gasteiger partial charge >= 0.3 is 0 Å². The summed E-state index contributed by atoms with van der Waals surface area (Å²) < 4.78 is 13.6. The number of rotatable bonds is 2. The van der Waals surface area contributed by atoms with Crippen LogP contribution >= 0.6 is 22.9 Å².